The topological polar surface area (TPSA) is 178 Å². The van der Waals surface area contributed by atoms with E-state index in [-0.39, 0.29) is 25.9 Å². The van der Waals surface area contributed by atoms with Gasteiger partial charge in [0.2, 0.25) is 0 Å². The molecule has 23 heteroatoms. The molecule has 3 saturated heterocycles. The Balaban J connectivity index is 0.000000166. The maximum absolute atomic E-state index is 13.8. The van der Waals surface area contributed by atoms with E-state index in [1.807, 2.05) is 73.7 Å². The first-order chi connectivity index (χ1) is 64.3. The summed E-state index contributed by atoms with van der Waals surface area (Å²) < 4.78 is 34.9. The summed E-state index contributed by atoms with van der Waals surface area (Å²) in [5.74, 6) is 4.03. The standard InChI is InChI=1S/C19H23FNO3P.2C19H24NO2P.2C18H24NOP.C17H22NOP/c1-23-14-11-16(24-2)19(22)18(12-14)25-17-7-6-13(20)10-15(17)21-8-4-3-5-9-21;1-14-6-9-18(16(12-14)20-10-4-3-5-11-20)23-19-13-15(22-2)7-8-17(19)21;1-14-8-6-9-15(20-12-4-3-5-13-20)19(14)23-17-11-7-10-16(22-2)18(17)21;1-5-19(6-2)15-11-7-10-14(4)18(15)21-16-12-8-9-13(3)17(16)20;1-5-19(6-2)15-9-7-8-14(4)18(15)21-17-12-13(3)10-11-16(17)20;1-4-18(5-2)14-10-8-9-13(3)17(14)20-16-12-7-6-11-15(16)19/h6-7,10-12,22,25H,3-5,8-9H2,1-2H3;6-9,12-13,21,23H,3-5,10-11H2,1-2H3;6-11,21,23H,3-5,12-13H2,1-2H3;2*7-12,20-21H,5-6H2,1-4H3;6-12,19-20H,4-5H2,1-3H3. The predicted octanol–water partition coefficient (Wildman–Crippen LogP) is 20.0. The van der Waals surface area contributed by atoms with Gasteiger partial charge in [0.1, 0.15) is 40.3 Å². The van der Waals surface area contributed by atoms with Crippen molar-refractivity contribution in [3.63, 3.8) is 0 Å². The first-order valence-electron chi connectivity index (χ1n) is 46.8. The van der Waals surface area contributed by atoms with Crippen LogP contribution in [0.25, 0.3) is 0 Å². The van der Waals surface area contributed by atoms with Crippen molar-refractivity contribution in [1.29, 1.82) is 0 Å². The summed E-state index contributed by atoms with van der Waals surface area (Å²) in [5, 5.41) is 74.8. The van der Waals surface area contributed by atoms with Crippen molar-refractivity contribution in [2.24, 2.45) is 0 Å². The zero-order chi connectivity index (χ0) is 95.6. The quantitative estimate of drug-likeness (QED) is 0.0255. The van der Waals surface area contributed by atoms with Crippen LogP contribution in [-0.2, 0) is 0 Å². The average Bonchev–Trinajstić information content (AvgIpc) is 0.829. The molecule has 3 heterocycles. The lowest BCUT2D eigenvalue weighted by Crippen LogP contribution is -2.33. The Labute approximate surface area is 802 Å². The van der Waals surface area contributed by atoms with Crippen LogP contribution < -0.4 is 112 Å². The van der Waals surface area contributed by atoms with Gasteiger partial charge >= 0.3 is 0 Å². The predicted molar refractivity (Wildman–Crippen MR) is 581 cm³/mol. The Kier molecular flexibility index (Phi) is 42.1. The molecule has 0 aromatic heterocycles. The maximum atomic E-state index is 13.8. The highest BCUT2D eigenvalue weighted by Gasteiger charge is 2.25. The lowest BCUT2D eigenvalue weighted by molar-refractivity contribution is 0.366. The molecule has 6 N–H and O–H groups in total. The SMILES string of the molecule is CCN(CC)c1cccc(C)c1Pc1cc(C)ccc1O.CCN(CC)c1cccc(C)c1Pc1cccc(C)c1O.CCN(CC)c1cccc(C)c1Pc1ccccc1O.COc1cc(OC)c(O)c(Pc2ccc(F)cc2N2CCCCC2)c1.COc1ccc(O)c(Pc2ccc(C)cc2N2CCCCC2)c1.COc1cccc(Pc2c(C)cccc2N2CCCCC2)c1O. The molecule has 0 amide bonds. The smallest absolute Gasteiger partial charge is 0.165 e. The van der Waals surface area contributed by atoms with Gasteiger partial charge in [-0.1, -0.05) is 172 Å². The van der Waals surface area contributed by atoms with Gasteiger partial charge in [0, 0.05) is 182 Å². The molecule has 12 aromatic rings. The third-order valence-corrected chi connectivity index (χ3v) is 33.3. The second kappa shape index (κ2) is 53.3. The van der Waals surface area contributed by atoms with Gasteiger partial charge in [-0.3, -0.25) is 0 Å². The van der Waals surface area contributed by atoms with Crippen molar-refractivity contribution in [2.45, 2.75) is 148 Å². The summed E-state index contributed by atoms with van der Waals surface area (Å²) in [6.45, 7) is 40.3. The van der Waals surface area contributed by atoms with Crippen LogP contribution in [0, 0.1) is 54.3 Å². The van der Waals surface area contributed by atoms with Gasteiger partial charge in [-0.2, -0.15) is 0 Å². The molecular weight excluding hydrogens is 1770 g/mol. The zero-order valence-electron chi connectivity index (χ0n) is 81.0. The van der Waals surface area contributed by atoms with Crippen molar-refractivity contribution >= 4 is 149 Å². The Hall–Kier alpha value is -10.1. The number of para-hydroxylation sites is 3. The molecule has 12 aromatic carbocycles. The number of phenolic OH excluding ortho intramolecular Hbond substituents is 6. The van der Waals surface area contributed by atoms with E-state index >= 15 is 0 Å². The minimum Gasteiger partial charge on any atom is -0.507 e. The average molecular weight is 1910 g/mol. The van der Waals surface area contributed by atoms with Crippen molar-refractivity contribution in [3.05, 3.63) is 263 Å². The molecule has 15 rings (SSSR count). The number of piperidine rings is 3. The number of ether oxygens (including phenoxy) is 4. The molecule has 6 unspecified atom stereocenters. The summed E-state index contributed by atoms with van der Waals surface area (Å²) >= 11 is 0. The molecule has 16 nitrogen and oxygen atoms in total. The number of hydrogen-bond donors (Lipinski definition) is 6. The molecule has 6 atom stereocenters. The van der Waals surface area contributed by atoms with E-state index in [0.29, 0.717) is 83.2 Å². The molecular formula is C110H141FN6O10P6. The zero-order valence-corrected chi connectivity index (χ0v) is 87.0. The molecule has 3 aliphatic heterocycles. The fourth-order valence-corrected chi connectivity index (χ4v) is 24.7. The van der Waals surface area contributed by atoms with Gasteiger partial charge in [0.05, 0.1) is 28.4 Å². The van der Waals surface area contributed by atoms with E-state index in [1.54, 1.807) is 69.9 Å². The Morgan fingerprint density at radius 1 is 0.278 bits per heavy atom. The highest BCUT2D eigenvalue weighted by atomic mass is 31.1. The number of rotatable bonds is 28. The number of nitrogens with zero attached hydrogens (tertiary/aromatic N) is 6. The lowest BCUT2D eigenvalue weighted by atomic mass is 10.1. The number of aryl methyl sites for hydroxylation is 7. The van der Waals surface area contributed by atoms with Gasteiger partial charge in [-0.25, -0.2) is 4.39 Å². The van der Waals surface area contributed by atoms with Crippen LogP contribution in [0.1, 0.15) is 138 Å². The van der Waals surface area contributed by atoms with E-state index in [2.05, 4.69) is 210 Å². The van der Waals surface area contributed by atoms with Gasteiger partial charge in [0.15, 0.2) is 23.0 Å². The van der Waals surface area contributed by atoms with Gasteiger partial charge < -0.3 is 79.0 Å². The van der Waals surface area contributed by atoms with E-state index in [9.17, 15) is 35.0 Å². The second-order valence-corrected chi connectivity index (χ2v) is 41.3. The summed E-state index contributed by atoms with van der Waals surface area (Å²) in [7, 11) is 8.80. The molecule has 3 aliphatic rings. The minimum atomic E-state index is -0.235. The summed E-state index contributed by atoms with van der Waals surface area (Å²) in [4.78, 5) is 14.4. The fourth-order valence-electron chi connectivity index (χ4n) is 16.7. The van der Waals surface area contributed by atoms with Crippen molar-refractivity contribution < 1.29 is 54.0 Å². The Bertz CT molecular complexity index is 5640. The number of methoxy groups -OCH3 is 4. The molecule has 0 radical (unpaired) electrons. The number of halogens is 1. The monoisotopic (exact) mass is 1910 g/mol. The molecule has 3 fully saturated rings. The minimum absolute atomic E-state index is 0.107. The summed E-state index contributed by atoms with van der Waals surface area (Å²) in [6, 6.07) is 71.5. The largest absolute Gasteiger partial charge is 0.507 e. The third-order valence-electron chi connectivity index (χ3n) is 24.3. The Morgan fingerprint density at radius 2 is 0.647 bits per heavy atom. The van der Waals surface area contributed by atoms with Gasteiger partial charge in [-0.15, -0.1) is 0 Å². The van der Waals surface area contributed by atoms with E-state index in [1.165, 1.54) is 146 Å². The second-order valence-electron chi connectivity index (χ2n) is 33.4. The molecule has 0 spiro atoms. The van der Waals surface area contributed by atoms with Crippen LogP contribution in [0.3, 0.4) is 0 Å². The van der Waals surface area contributed by atoms with Crippen LogP contribution in [0.2, 0.25) is 0 Å². The summed E-state index contributed by atoms with van der Waals surface area (Å²) in [5.41, 5.74) is 16.0. The van der Waals surface area contributed by atoms with Crippen molar-refractivity contribution in [1.82, 2.24) is 0 Å². The normalized spacial score (nSPS) is 13.3. The number of anilines is 6. The molecule has 133 heavy (non-hydrogen) atoms. The molecule has 0 saturated carbocycles. The lowest BCUT2D eigenvalue weighted by Gasteiger charge is -2.31. The number of phenols is 6. The van der Waals surface area contributed by atoms with Gasteiger partial charge in [-0.05, 0) is 278 Å². The Morgan fingerprint density at radius 3 is 1.15 bits per heavy atom. The summed E-state index contributed by atoms with van der Waals surface area (Å²) in [6.07, 6.45) is 11.2. The first-order valence-corrected chi connectivity index (χ1v) is 52.8. The number of hydrogen-bond acceptors (Lipinski definition) is 16. The van der Waals surface area contributed by atoms with Crippen LogP contribution in [0.5, 0.6) is 57.5 Å². The highest BCUT2D eigenvalue weighted by molar-refractivity contribution is 7.58. The molecule has 708 valence electrons. The third kappa shape index (κ3) is 29.2. The maximum Gasteiger partial charge on any atom is 0.165 e. The fraction of sp³-hybridized carbons (Fsp3) is 0.345. The first kappa shape index (κ1) is 105. The van der Waals surface area contributed by atoms with Crippen molar-refractivity contribution in [2.75, 3.05) is 136 Å². The van der Waals surface area contributed by atoms with Gasteiger partial charge in [0.25, 0.3) is 0 Å². The van der Waals surface area contributed by atoms with Crippen LogP contribution in [-0.4, -0.2) is 138 Å². The van der Waals surface area contributed by atoms with Crippen LogP contribution in [0.4, 0.5) is 38.5 Å². The van der Waals surface area contributed by atoms with E-state index in [0.717, 1.165) is 146 Å². The highest BCUT2D eigenvalue weighted by Crippen LogP contribution is 2.39. The van der Waals surface area contributed by atoms with E-state index < -0.39 is 0 Å². The van der Waals surface area contributed by atoms with Crippen LogP contribution in [0.15, 0.2) is 218 Å². The van der Waals surface area contributed by atoms with Crippen molar-refractivity contribution in [3.8, 4) is 57.5 Å². The molecule has 0 aliphatic carbocycles. The van der Waals surface area contributed by atoms with Crippen LogP contribution >= 0.6 is 51.5 Å². The van der Waals surface area contributed by atoms with E-state index in [4.69, 9.17) is 18.9 Å². The molecule has 0 bridgehead atoms. The number of benzene rings is 12. The number of aromatic hydroxyl groups is 6.